The highest BCUT2D eigenvalue weighted by molar-refractivity contribution is 6.04. The smallest absolute Gasteiger partial charge is 0.178 e. The molecule has 5 nitrogen and oxygen atoms in total. The van der Waals surface area contributed by atoms with Gasteiger partial charge in [-0.1, -0.05) is 60.1 Å². The van der Waals surface area contributed by atoms with Gasteiger partial charge in [0.2, 0.25) is 0 Å². The molecule has 5 heteroatoms. The Balaban J connectivity index is 1.48. The fraction of sp³-hybridized carbons (Fsp3) is 0.765. The maximum absolute atomic E-state index is 14.6. The van der Waals surface area contributed by atoms with Gasteiger partial charge in [0.1, 0.15) is 6.07 Å². The van der Waals surface area contributed by atoms with Crippen LogP contribution < -0.4 is 0 Å². The van der Waals surface area contributed by atoms with Crippen LogP contribution in [0.4, 0.5) is 0 Å². The SMILES string of the molecule is CC1(C)CC[C@]2(CN3CC(=O)C3)CC[C@]3(C)[C@H](C(=O)C=C4[C@@]5(C)C=C(C#N)C(=O)C(C)(C)[C@@H]5CC[C@]43C)[C@@H]2C1. The van der Waals surface area contributed by atoms with Gasteiger partial charge in [-0.3, -0.25) is 19.3 Å². The van der Waals surface area contributed by atoms with Gasteiger partial charge in [-0.2, -0.15) is 5.26 Å². The summed E-state index contributed by atoms with van der Waals surface area (Å²) in [4.78, 5) is 42.0. The van der Waals surface area contributed by atoms with Crippen LogP contribution in [-0.4, -0.2) is 41.9 Å². The fourth-order valence-electron chi connectivity index (χ4n) is 11.0. The summed E-state index contributed by atoms with van der Waals surface area (Å²) in [6.07, 6.45) is 11.3. The summed E-state index contributed by atoms with van der Waals surface area (Å²) < 4.78 is 0. The molecule has 5 aliphatic carbocycles. The van der Waals surface area contributed by atoms with Gasteiger partial charge in [0, 0.05) is 23.3 Å². The maximum Gasteiger partial charge on any atom is 0.178 e. The zero-order valence-corrected chi connectivity index (χ0v) is 25.1. The van der Waals surface area contributed by atoms with Gasteiger partial charge in [-0.05, 0) is 84.5 Å². The van der Waals surface area contributed by atoms with E-state index in [4.69, 9.17) is 0 Å². The Hall–Kier alpha value is -2.06. The second-order valence-corrected chi connectivity index (χ2v) is 16.3. The third-order valence-electron chi connectivity index (χ3n) is 13.4. The largest absolute Gasteiger partial charge is 0.297 e. The van der Waals surface area contributed by atoms with Crippen LogP contribution in [0.5, 0.6) is 0 Å². The van der Waals surface area contributed by atoms with Crippen molar-refractivity contribution in [3.05, 3.63) is 23.3 Å². The Morgan fingerprint density at radius 1 is 0.949 bits per heavy atom. The molecule has 7 atom stereocenters. The molecule has 0 unspecified atom stereocenters. The number of likely N-dealkylation sites (tertiary alicyclic amines) is 1. The molecule has 1 saturated heterocycles. The van der Waals surface area contributed by atoms with Crippen molar-refractivity contribution in [2.45, 2.75) is 93.4 Å². The second-order valence-electron chi connectivity index (χ2n) is 16.3. The van der Waals surface area contributed by atoms with Crippen LogP contribution >= 0.6 is 0 Å². The Morgan fingerprint density at radius 2 is 1.62 bits per heavy atom. The Bertz CT molecular complexity index is 1270. The molecule has 0 spiro atoms. The average Bonchev–Trinajstić information content (AvgIpc) is 2.82. The third-order valence-corrected chi connectivity index (χ3v) is 13.4. The van der Waals surface area contributed by atoms with Crippen LogP contribution in [0.2, 0.25) is 0 Å². The summed E-state index contributed by atoms with van der Waals surface area (Å²) in [7, 11) is 0. The molecule has 3 saturated carbocycles. The summed E-state index contributed by atoms with van der Waals surface area (Å²) in [6.45, 7) is 17.8. The van der Waals surface area contributed by atoms with E-state index in [0.29, 0.717) is 24.8 Å². The predicted molar refractivity (Wildman–Crippen MR) is 150 cm³/mol. The lowest BCUT2D eigenvalue weighted by Crippen LogP contribution is -2.66. The first-order valence-corrected chi connectivity index (χ1v) is 15.2. The highest BCUT2D eigenvalue weighted by Gasteiger charge is 2.69. The summed E-state index contributed by atoms with van der Waals surface area (Å²) in [5.41, 5.74) is 0.226. The van der Waals surface area contributed by atoms with E-state index in [0.717, 1.165) is 45.1 Å². The summed E-state index contributed by atoms with van der Waals surface area (Å²) >= 11 is 0. The minimum Gasteiger partial charge on any atom is -0.297 e. The second kappa shape index (κ2) is 8.03. The first-order chi connectivity index (χ1) is 18.0. The van der Waals surface area contributed by atoms with Crippen LogP contribution in [0.25, 0.3) is 0 Å². The van der Waals surface area contributed by atoms with E-state index in [2.05, 4.69) is 45.6 Å². The minimum absolute atomic E-state index is 0.0330. The lowest BCUT2D eigenvalue weighted by atomic mass is 9.34. The number of carbonyl (C=O) groups excluding carboxylic acids is 3. The molecule has 4 fully saturated rings. The number of nitrogens with zero attached hydrogens (tertiary/aromatic N) is 2. The lowest BCUT2D eigenvalue weighted by Gasteiger charge is -2.69. The third kappa shape index (κ3) is 3.43. The summed E-state index contributed by atoms with van der Waals surface area (Å²) in [5.74, 6) is 0.880. The molecule has 0 N–H and O–H groups in total. The molecule has 210 valence electrons. The molecule has 6 rings (SSSR count). The number of Topliss-reactive ketones (excluding diaryl/α,β-unsaturated/α-hetero) is 2. The molecule has 0 aromatic rings. The molecule has 0 aromatic carbocycles. The van der Waals surface area contributed by atoms with Gasteiger partial charge in [0.25, 0.3) is 0 Å². The van der Waals surface area contributed by atoms with Crippen LogP contribution in [0.3, 0.4) is 0 Å². The zero-order valence-electron chi connectivity index (χ0n) is 25.1. The topological polar surface area (TPSA) is 78.2 Å². The van der Waals surface area contributed by atoms with E-state index >= 15 is 0 Å². The van der Waals surface area contributed by atoms with Crippen molar-refractivity contribution in [1.29, 1.82) is 5.26 Å². The lowest BCUT2D eigenvalue weighted by molar-refractivity contribution is -0.177. The maximum atomic E-state index is 14.6. The Morgan fingerprint density at radius 3 is 2.26 bits per heavy atom. The Labute approximate surface area is 234 Å². The zero-order chi connectivity index (χ0) is 28.4. The summed E-state index contributed by atoms with van der Waals surface area (Å²) in [5, 5.41) is 9.92. The first kappa shape index (κ1) is 27.1. The molecule has 0 aromatic heterocycles. The summed E-state index contributed by atoms with van der Waals surface area (Å²) in [6, 6.07) is 2.21. The quantitative estimate of drug-likeness (QED) is 0.432. The van der Waals surface area contributed by atoms with Crippen LogP contribution in [0.15, 0.2) is 23.3 Å². The van der Waals surface area contributed by atoms with Crippen molar-refractivity contribution in [2.24, 2.45) is 50.2 Å². The van der Waals surface area contributed by atoms with Gasteiger partial charge >= 0.3 is 0 Å². The first-order valence-electron chi connectivity index (χ1n) is 15.2. The monoisotopic (exact) mass is 530 g/mol. The number of fused-ring (bicyclic) bond motifs is 7. The standard InChI is InChI=1S/C34H46N2O3/c1-29(2)10-12-34(20-36-18-22(37)19-36)13-11-33(7)27(23(34)16-29)24(38)14-26-31(5)15-21(17-35)28(39)30(3,4)25(31)8-9-32(26,33)6/h14-15,23,25,27H,8-13,16,18-20H2,1-7H3/t23-,25-,27-,31-,32+,33+,34+/m0/s1. The van der Waals surface area contributed by atoms with Crippen molar-refractivity contribution < 1.29 is 14.4 Å². The van der Waals surface area contributed by atoms with Crippen LogP contribution in [-0.2, 0) is 14.4 Å². The van der Waals surface area contributed by atoms with Crippen molar-refractivity contribution in [1.82, 2.24) is 4.90 Å². The van der Waals surface area contributed by atoms with E-state index in [1.807, 2.05) is 26.0 Å². The van der Waals surface area contributed by atoms with Crippen LogP contribution in [0, 0.1) is 61.6 Å². The van der Waals surface area contributed by atoms with E-state index in [1.54, 1.807) is 0 Å². The van der Waals surface area contributed by atoms with Gasteiger partial charge in [-0.15, -0.1) is 0 Å². The highest BCUT2D eigenvalue weighted by Crippen LogP contribution is 2.74. The van der Waals surface area contributed by atoms with E-state index in [9.17, 15) is 19.6 Å². The fourth-order valence-corrected chi connectivity index (χ4v) is 11.0. The molecule has 0 amide bonds. The molecule has 0 radical (unpaired) electrons. The van der Waals surface area contributed by atoms with Crippen LogP contribution in [0.1, 0.15) is 93.4 Å². The number of ketones is 3. The van der Waals surface area contributed by atoms with E-state index in [1.165, 1.54) is 12.0 Å². The molecule has 1 heterocycles. The number of carbonyl (C=O) groups is 3. The van der Waals surface area contributed by atoms with Gasteiger partial charge in [-0.25, -0.2) is 0 Å². The molecular formula is C34H46N2O3. The average molecular weight is 531 g/mol. The van der Waals surface area contributed by atoms with E-state index in [-0.39, 0.29) is 50.6 Å². The molecular weight excluding hydrogens is 484 g/mol. The highest BCUT2D eigenvalue weighted by atomic mass is 16.1. The number of allylic oxidation sites excluding steroid dienone is 4. The number of rotatable bonds is 2. The van der Waals surface area contributed by atoms with Gasteiger partial charge in [0.15, 0.2) is 17.3 Å². The van der Waals surface area contributed by atoms with Crippen molar-refractivity contribution in [2.75, 3.05) is 19.6 Å². The van der Waals surface area contributed by atoms with E-state index < -0.39 is 10.8 Å². The van der Waals surface area contributed by atoms with Crippen molar-refractivity contribution in [3.8, 4) is 6.07 Å². The predicted octanol–water partition coefficient (Wildman–Crippen LogP) is 6.09. The number of hydrogen-bond acceptors (Lipinski definition) is 5. The molecule has 39 heavy (non-hydrogen) atoms. The molecule has 0 bridgehead atoms. The Kier molecular flexibility index (Phi) is 5.58. The van der Waals surface area contributed by atoms with Crippen molar-refractivity contribution in [3.63, 3.8) is 0 Å². The molecule has 1 aliphatic heterocycles. The normalized spacial score (nSPS) is 46.4. The number of nitriles is 1. The molecule has 6 aliphatic rings. The van der Waals surface area contributed by atoms with Crippen molar-refractivity contribution >= 4 is 17.3 Å². The van der Waals surface area contributed by atoms with Gasteiger partial charge in [0.05, 0.1) is 18.7 Å². The van der Waals surface area contributed by atoms with Gasteiger partial charge < -0.3 is 0 Å². The number of hydrogen-bond donors (Lipinski definition) is 0. The minimum atomic E-state index is -0.638.